The van der Waals surface area contributed by atoms with E-state index in [1.54, 1.807) is 27.7 Å². The summed E-state index contributed by atoms with van der Waals surface area (Å²) in [6.45, 7) is 35.7. The number of phenolic OH excluding ortho intramolecular Hbond substituents is 6. The zero-order valence-electron chi connectivity index (χ0n) is 47.1. The summed E-state index contributed by atoms with van der Waals surface area (Å²) >= 11 is 0. The van der Waals surface area contributed by atoms with Gasteiger partial charge < -0.3 is 30.6 Å². The van der Waals surface area contributed by atoms with Crippen molar-refractivity contribution in [1.29, 1.82) is 0 Å². The molecule has 0 bridgehead atoms. The van der Waals surface area contributed by atoms with Crippen molar-refractivity contribution in [3.05, 3.63) is 197 Å². The molecule has 74 heavy (non-hydrogen) atoms. The van der Waals surface area contributed by atoms with Gasteiger partial charge in [-0.05, 0) is 226 Å². The van der Waals surface area contributed by atoms with Gasteiger partial charge in [-0.3, -0.25) is 0 Å². The summed E-state index contributed by atoms with van der Waals surface area (Å²) in [6.07, 6.45) is 1.98. The van der Waals surface area contributed by atoms with Crippen LogP contribution in [0.15, 0.2) is 107 Å². The summed E-state index contributed by atoms with van der Waals surface area (Å²) in [5, 5.41) is 59.8. The van der Waals surface area contributed by atoms with Gasteiger partial charge in [0.1, 0.15) is 34.5 Å². The van der Waals surface area contributed by atoms with Crippen LogP contribution in [0.1, 0.15) is 148 Å². The van der Waals surface area contributed by atoms with Crippen molar-refractivity contribution in [3.8, 4) is 34.5 Å². The first kappa shape index (κ1) is 58.2. The largest absolute Gasteiger partial charge is 0.507 e. The second-order valence-corrected chi connectivity index (χ2v) is 24.4. The van der Waals surface area contributed by atoms with Crippen molar-refractivity contribution in [2.75, 3.05) is 0 Å². The Morgan fingerprint density at radius 2 is 0.581 bits per heavy atom. The minimum absolute atomic E-state index is 0.0307. The van der Waals surface area contributed by atoms with Gasteiger partial charge in [-0.15, -0.1) is 0 Å². The van der Waals surface area contributed by atoms with Crippen LogP contribution < -0.4 is 0 Å². The molecular formula is C65H80O8S. The molecule has 394 valence electrons. The van der Waals surface area contributed by atoms with Crippen LogP contribution in [-0.4, -0.2) is 39.1 Å². The lowest BCUT2D eigenvalue weighted by Gasteiger charge is -2.31. The first-order valence-electron chi connectivity index (χ1n) is 25.3. The lowest BCUT2D eigenvalue weighted by Crippen LogP contribution is -2.23. The molecule has 0 heterocycles. The van der Waals surface area contributed by atoms with Crippen LogP contribution in [0.25, 0.3) is 0 Å². The van der Waals surface area contributed by atoms with E-state index in [4.69, 9.17) is 0 Å². The predicted molar refractivity (Wildman–Crippen MR) is 303 cm³/mol. The standard InChI is InChI=1S/C28H34O2.C21H28O2.C16H18O4S/c1-17-12-23(13-18(2)25(17)29)27(5,6)21-10-9-11-22(16-21)28(7,8)24-14-19(3)26(30)20(4)15-24;1-13-9-17(10-14(2)19(13)22)7-8-21(5,6)18-11-15(3)20(23)16(4)12-18;1-9-5-13(6-10(2)15(9)17)21(19,20)14-7-11(3)16(18)12(4)8-14/h9-16,29-30H,1-8H3;9-12,22-23H,7-8H2,1-6H3;5-8,17-18H,1-4H3. The topological polar surface area (TPSA) is 156 Å². The molecule has 7 aromatic rings. The average Bonchev–Trinajstić information content (AvgIpc) is 3.33. The highest BCUT2D eigenvalue weighted by molar-refractivity contribution is 7.91. The highest BCUT2D eigenvalue weighted by Gasteiger charge is 2.30. The fourth-order valence-electron chi connectivity index (χ4n) is 9.68. The van der Waals surface area contributed by atoms with E-state index in [9.17, 15) is 39.1 Å². The molecule has 0 aromatic heterocycles. The summed E-state index contributed by atoms with van der Waals surface area (Å²) < 4.78 is 25.4. The van der Waals surface area contributed by atoms with Crippen molar-refractivity contribution in [3.63, 3.8) is 0 Å². The molecule has 7 aromatic carbocycles. The van der Waals surface area contributed by atoms with Crippen LogP contribution in [0.2, 0.25) is 0 Å². The molecule has 0 saturated carbocycles. The molecule has 9 heteroatoms. The van der Waals surface area contributed by atoms with Gasteiger partial charge in [-0.25, -0.2) is 8.42 Å². The smallest absolute Gasteiger partial charge is 0.206 e. The fourth-order valence-corrected chi connectivity index (χ4v) is 11.3. The molecule has 0 atom stereocenters. The second kappa shape index (κ2) is 22.0. The lowest BCUT2D eigenvalue weighted by molar-refractivity contribution is 0.457. The minimum Gasteiger partial charge on any atom is -0.507 e. The van der Waals surface area contributed by atoms with Gasteiger partial charge in [0, 0.05) is 10.8 Å². The molecule has 0 fully saturated rings. The Kier molecular flexibility index (Phi) is 17.3. The van der Waals surface area contributed by atoms with E-state index in [-0.39, 0.29) is 37.5 Å². The molecule has 0 aliphatic carbocycles. The molecule has 0 spiro atoms. The molecular weight excluding hydrogens is 941 g/mol. The predicted octanol–water partition coefficient (Wildman–Crippen LogP) is 15.4. The van der Waals surface area contributed by atoms with Crippen molar-refractivity contribution < 1.29 is 39.1 Å². The number of benzene rings is 7. The van der Waals surface area contributed by atoms with Gasteiger partial charge in [0.15, 0.2) is 0 Å². The number of rotatable bonds is 10. The van der Waals surface area contributed by atoms with Gasteiger partial charge in [0.05, 0.1) is 9.79 Å². The van der Waals surface area contributed by atoms with Gasteiger partial charge in [-0.2, -0.15) is 0 Å². The first-order chi connectivity index (χ1) is 34.1. The molecule has 7 rings (SSSR count). The SMILES string of the molecule is Cc1cc(C(C)(C)c2cccc(C(C)(C)c3cc(C)c(O)c(C)c3)c2)cc(C)c1O.Cc1cc(CCC(C)(C)c2cc(C)c(O)c(C)c2)cc(C)c1O.Cc1cc(S(=O)(=O)c2cc(C)c(O)c(C)c2)cc(C)c1O. The third-order valence-electron chi connectivity index (χ3n) is 15.1. The maximum Gasteiger partial charge on any atom is 0.206 e. The van der Waals surface area contributed by atoms with Crippen LogP contribution in [0.4, 0.5) is 0 Å². The van der Waals surface area contributed by atoms with Gasteiger partial charge in [0.25, 0.3) is 0 Å². The molecule has 0 saturated heterocycles. The van der Waals surface area contributed by atoms with Crippen molar-refractivity contribution in [2.24, 2.45) is 0 Å². The zero-order chi connectivity index (χ0) is 55.7. The second-order valence-electron chi connectivity index (χ2n) is 22.5. The zero-order valence-corrected chi connectivity index (χ0v) is 47.9. The maximum atomic E-state index is 12.7. The number of sulfone groups is 1. The minimum atomic E-state index is -3.68. The van der Waals surface area contributed by atoms with Crippen LogP contribution in [-0.2, 0) is 32.5 Å². The Morgan fingerprint density at radius 1 is 0.338 bits per heavy atom. The van der Waals surface area contributed by atoms with Crippen LogP contribution >= 0.6 is 0 Å². The normalized spacial score (nSPS) is 11.9. The summed E-state index contributed by atoms with van der Waals surface area (Å²) in [6, 6.07) is 31.3. The maximum absolute atomic E-state index is 12.7. The van der Waals surface area contributed by atoms with Crippen LogP contribution in [0.3, 0.4) is 0 Å². The molecule has 0 aliphatic heterocycles. The van der Waals surface area contributed by atoms with Crippen molar-refractivity contribution >= 4 is 9.84 Å². The number of aromatic hydroxyl groups is 6. The van der Waals surface area contributed by atoms with E-state index in [0.29, 0.717) is 45.3 Å². The summed E-state index contributed by atoms with van der Waals surface area (Å²) in [5.41, 5.74) is 16.5. The Bertz CT molecular complexity index is 3070. The summed E-state index contributed by atoms with van der Waals surface area (Å²) in [7, 11) is -3.68. The Balaban J connectivity index is 0.000000210. The Labute approximate surface area is 442 Å². The van der Waals surface area contributed by atoms with E-state index >= 15 is 0 Å². The summed E-state index contributed by atoms with van der Waals surface area (Å²) in [4.78, 5) is 0.277. The monoisotopic (exact) mass is 1020 g/mol. The lowest BCUT2D eigenvalue weighted by atomic mass is 9.72. The molecule has 0 radical (unpaired) electrons. The van der Waals surface area contributed by atoms with Gasteiger partial charge >= 0.3 is 0 Å². The third-order valence-corrected chi connectivity index (χ3v) is 16.9. The Hall–Kier alpha value is -6.71. The van der Waals surface area contributed by atoms with E-state index in [2.05, 4.69) is 114 Å². The van der Waals surface area contributed by atoms with Crippen LogP contribution in [0.5, 0.6) is 34.5 Å². The number of phenols is 6. The van der Waals surface area contributed by atoms with Crippen molar-refractivity contribution in [2.45, 2.75) is 164 Å². The van der Waals surface area contributed by atoms with Gasteiger partial charge in [0.2, 0.25) is 9.84 Å². The summed E-state index contributed by atoms with van der Waals surface area (Å²) in [5.74, 6) is 1.76. The van der Waals surface area contributed by atoms with E-state index in [0.717, 1.165) is 57.3 Å². The average molecular weight is 1020 g/mol. The molecule has 6 N–H and O–H groups in total. The first-order valence-corrected chi connectivity index (χ1v) is 26.8. The van der Waals surface area contributed by atoms with Crippen molar-refractivity contribution in [1.82, 2.24) is 0 Å². The van der Waals surface area contributed by atoms with E-state index in [1.807, 2.05) is 55.4 Å². The Morgan fingerprint density at radius 3 is 0.865 bits per heavy atom. The van der Waals surface area contributed by atoms with E-state index in [1.165, 1.54) is 57.6 Å². The molecule has 0 unspecified atom stereocenters. The number of aryl methyl sites for hydroxylation is 13. The van der Waals surface area contributed by atoms with Gasteiger partial charge in [-0.1, -0.05) is 114 Å². The highest BCUT2D eigenvalue weighted by Crippen LogP contribution is 2.41. The number of hydrogen-bond donors (Lipinski definition) is 6. The fraction of sp³-hybridized carbons (Fsp3) is 0.354. The van der Waals surface area contributed by atoms with E-state index < -0.39 is 9.84 Å². The molecule has 8 nitrogen and oxygen atoms in total. The number of hydrogen-bond acceptors (Lipinski definition) is 8. The molecule has 0 aliphatic rings. The quantitative estimate of drug-likeness (QED) is 0.0791. The van der Waals surface area contributed by atoms with Crippen LogP contribution in [0, 0.1) is 83.1 Å². The molecule has 0 amide bonds. The third kappa shape index (κ3) is 12.4. The highest BCUT2D eigenvalue weighted by atomic mass is 32.2.